The van der Waals surface area contributed by atoms with E-state index in [4.69, 9.17) is 9.97 Å². The van der Waals surface area contributed by atoms with E-state index in [1.807, 2.05) is 16.7 Å². The summed E-state index contributed by atoms with van der Waals surface area (Å²) in [7, 11) is 0. The van der Waals surface area contributed by atoms with E-state index in [1.54, 1.807) is 31.1 Å². The van der Waals surface area contributed by atoms with Crippen LogP contribution >= 0.6 is 0 Å². The predicted molar refractivity (Wildman–Crippen MR) is 198 cm³/mol. The first kappa shape index (κ1) is 34.6. The molecule has 0 bridgehead atoms. The van der Waals surface area contributed by atoms with Crippen LogP contribution in [0.2, 0.25) is 0 Å². The van der Waals surface area contributed by atoms with Crippen molar-refractivity contribution in [2.24, 2.45) is 5.41 Å². The van der Waals surface area contributed by atoms with Crippen LogP contribution in [0.4, 0.5) is 26.0 Å². The number of anilines is 3. The lowest BCUT2D eigenvalue weighted by molar-refractivity contribution is -0.144. The molecular formula is C40H48F2N8O2. The number of imidazole rings is 1. The number of carbonyl (C=O) groups is 2. The number of benzene rings is 1. The molecule has 8 rings (SSSR count). The standard InChI is InChI=1S/C40H48F2N8O2/c1-25(2)49-24-44-33-21-32(46-36(35(33)49)45-31-10-13-43-22-30(31)42)26-8-9-29-34(18-26)50(28-19-27(20-28)47-14-6-5-7-15-47)38(52)40(29)11-16-48(17-12-40)37(51)39(3,4)23-41/h8-10,13,18,21-22,24-25,27-28H,5-7,11-12,14-17,19-20,23H2,1-4H3,(H,43,45,46). The molecule has 52 heavy (non-hydrogen) atoms. The van der Waals surface area contributed by atoms with Crippen LogP contribution in [0.25, 0.3) is 22.3 Å². The zero-order valence-corrected chi connectivity index (χ0v) is 30.5. The van der Waals surface area contributed by atoms with E-state index in [1.165, 1.54) is 31.7 Å². The zero-order chi connectivity index (χ0) is 36.4. The molecule has 10 nitrogen and oxygen atoms in total. The largest absolute Gasteiger partial charge is 0.342 e. The summed E-state index contributed by atoms with van der Waals surface area (Å²) >= 11 is 0. The Kier molecular flexibility index (Phi) is 8.79. The quantitative estimate of drug-likeness (QED) is 0.207. The Bertz CT molecular complexity index is 2010. The second-order valence-electron chi connectivity index (χ2n) is 16.1. The highest BCUT2D eigenvalue weighted by molar-refractivity contribution is 6.09. The lowest BCUT2D eigenvalue weighted by Gasteiger charge is -2.48. The van der Waals surface area contributed by atoms with Gasteiger partial charge in [0.1, 0.15) is 12.2 Å². The molecule has 4 aromatic rings. The number of hydrogen-bond acceptors (Lipinski definition) is 7. The molecule has 0 unspecified atom stereocenters. The van der Waals surface area contributed by atoms with Gasteiger partial charge in [0.2, 0.25) is 11.8 Å². The molecule has 0 radical (unpaired) electrons. The maximum atomic E-state index is 14.8. The number of nitrogens with one attached hydrogen (secondary N) is 1. The Morgan fingerprint density at radius 2 is 1.79 bits per heavy atom. The molecule has 1 saturated carbocycles. The number of aromatic nitrogens is 4. The van der Waals surface area contributed by atoms with Crippen LogP contribution < -0.4 is 10.2 Å². The summed E-state index contributed by atoms with van der Waals surface area (Å²) in [4.78, 5) is 48.1. The highest BCUT2D eigenvalue weighted by Gasteiger charge is 2.56. The fraction of sp³-hybridized carbons (Fsp3) is 0.525. The molecule has 3 aromatic heterocycles. The molecule has 3 fully saturated rings. The number of halogens is 2. The van der Waals surface area contributed by atoms with Gasteiger partial charge in [-0.15, -0.1) is 0 Å². The van der Waals surface area contributed by atoms with Crippen molar-refractivity contribution in [3.05, 3.63) is 60.4 Å². The number of pyridine rings is 2. The van der Waals surface area contributed by atoms with Gasteiger partial charge in [-0.2, -0.15) is 0 Å². The van der Waals surface area contributed by atoms with Gasteiger partial charge < -0.3 is 24.6 Å². The molecule has 0 atom stereocenters. The molecule has 1 aliphatic carbocycles. The Labute approximate surface area is 303 Å². The molecule has 1 spiro atoms. The van der Waals surface area contributed by atoms with E-state index < -0.39 is 23.3 Å². The van der Waals surface area contributed by atoms with Crippen molar-refractivity contribution in [1.82, 2.24) is 29.3 Å². The predicted octanol–water partition coefficient (Wildman–Crippen LogP) is 7.18. The van der Waals surface area contributed by atoms with Crippen LogP contribution in [0.15, 0.2) is 49.1 Å². The van der Waals surface area contributed by atoms with Gasteiger partial charge in [0.25, 0.3) is 0 Å². The van der Waals surface area contributed by atoms with Gasteiger partial charge in [-0.3, -0.25) is 14.6 Å². The normalized spacial score (nSPS) is 21.9. The van der Waals surface area contributed by atoms with Gasteiger partial charge >= 0.3 is 0 Å². The Morgan fingerprint density at radius 1 is 1.04 bits per heavy atom. The third-order valence-corrected chi connectivity index (χ3v) is 12.0. The summed E-state index contributed by atoms with van der Waals surface area (Å²) < 4.78 is 30.6. The fourth-order valence-electron chi connectivity index (χ4n) is 8.81. The van der Waals surface area contributed by atoms with E-state index in [-0.39, 0.29) is 29.6 Å². The van der Waals surface area contributed by atoms with Crippen molar-refractivity contribution in [1.29, 1.82) is 0 Å². The smallest absolute Gasteiger partial charge is 0.238 e. The third kappa shape index (κ3) is 5.74. The van der Waals surface area contributed by atoms with Crippen LogP contribution in [-0.4, -0.2) is 86.1 Å². The molecule has 1 aromatic carbocycles. The summed E-state index contributed by atoms with van der Waals surface area (Å²) in [5, 5.41) is 3.21. The maximum absolute atomic E-state index is 14.8. The van der Waals surface area contributed by atoms with Gasteiger partial charge in [0, 0.05) is 48.7 Å². The van der Waals surface area contributed by atoms with Crippen molar-refractivity contribution in [3.63, 3.8) is 0 Å². The minimum absolute atomic E-state index is 0.0852. The van der Waals surface area contributed by atoms with Crippen molar-refractivity contribution in [2.75, 3.05) is 43.1 Å². The Balaban J connectivity index is 1.17. The van der Waals surface area contributed by atoms with Crippen LogP contribution in [0.5, 0.6) is 0 Å². The number of fused-ring (bicyclic) bond motifs is 3. The first-order valence-corrected chi connectivity index (χ1v) is 18.8. The Hall–Kier alpha value is -4.45. The number of hydrogen-bond donors (Lipinski definition) is 1. The number of carbonyl (C=O) groups excluding carboxylic acids is 2. The Morgan fingerprint density at radius 3 is 2.48 bits per heavy atom. The fourth-order valence-corrected chi connectivity index (χ4v) is 8.81. The van der Waals surface area contributed by atoms with Crippen LogP contribution in [0, 0.1) is 11.2 Å². The molecule has 1 N–H and O–H groups in total. The van der Waals surface area contributed by atoms with Gasteiger partial charge in [0.05, 0.1) is 40.3 Å². The molecule has 12 heteroatoms. The number of likely N-dealkylation sites (tertiary alicyclic amines) is 2. The van der Waals surface area contributed by atoms with Gasteiger partial charge in [0.15, 0.2) is 11.6 Å². The molecule has 3 aliphatic heterocycles. The van der Waals surface area contributed by atoms with E-state index in [2.05, 4.69) is 46.1 Å². The number of amides is 2. The summed E-state index contributed by atoms with van der Waals surface area (Å²) in [6.07, 6.45) is 11.1. The van der Waals surface area contributed by atoms with Crippen LogP contribution in [0.3, 0.4) is 0 Å². The number of nitrogens with zero attached hydrogens (tertiary/aromatic N) is 7. The first-order valence-electron chi connectivity index (χ1n) is 18.8. The van der Waals surface area contributed by atoms with Gasteiger partial charge in [-0.05, 0) is 103 Å². The summed E-state index contributed by atoms with van der Waals surface area (Å²) in [6, 6.07) is 10.4. The SMILES string of the molecule is CC(C)n1cnc2cc(-c3ccc4c(c3)N(C3CC(N5CCCCC5)C3)C(=O)C43CCN(C(=O)C(C)(C)CF)CC3)nc(Nc3ccncc3F)c21. The monoisotopic (exact) mass is 710 g/mol. The second-order valence-corrected chi connectivity index (χ2v) is 16.1. The maximum Gasteiger partial charge on any atom is 0.238 e. The van der Waals surface area contributed by atoms with E-state index in [0.29, 0.717) is 43.5 Å². The average molecular weight is 711 g/mol. The van der Waals surface area contributed by atoms with E-state index in [9.17, 15) is 18.4 Å². The highest BCUT2D eigenvalue weighted by atomic mass is 19.1. The summed E-state index contributed by atoms with van der Waals surface area (Å²) in [5.74, 6) is -0.109. The van der Waals surface area contributed by atoms with Crippen molar-refractivity contribution in [3.8, 4) is 11.3 Å². The van der Waals surface area contributed by atoms with Gasteiger partial charge in [-0.1, -0.05) is 18.6 Å². The molecular weight excluding hydrogens is 662 g/mol. The lowest BCUT2D eigenvalue weighted by Crippen LogP contribution is -2.58. The van der Waals surface area contributed by atoms with Crippen molar-refractivity contribution >= 4 is 40.0 Å². The minimum Gasteiger partial charge on any atom is -0.342 e. The van der Waals surface area contributed by atoms with E-state index >= 15 is 0 Å². The molecule has 4 aliphatic rings. The summed E-state index contributed by atoms with van der Waals surface area (Å²) in [5.41, 5.74) is 3.28. The minimum atomic E-state index is -1.09. The molecule has 2 saturated heterocycles. The van der Waals surface area contributed by atoms with Crippen LogP contribution in [-0.2, 0) is 15.0 Å². The molecule has 2 amide bonds. The molecule has 6 heterocycles. The van der Waals surface area contributed by atoms with Crippen LogP contribution in [0.1, 0.15) is 84.2 Å². The average Bonchev–Trinajstić information content (AvgIpc) is 3.67. The number of piperidine rings is 2. The van der Waals surface area contributed by atoms with Gasteiger partial charge in [-0.25, -0.2) is 18.7 Å². The molecule has 274 valence electrons. The van der Waals surface area contributed by atoms with Crippen molar-refractivity contribution < 1.29 is 18.4 Å². The number of rotatable bonds is 8. The topological polar surface area (TPSA) is 99.5 Å². The number of alkyl halides is 1. The lowest BCUT2D eigenvalue weighted by atomic mass is 9.73. The van der Waals surface area contributed by atoms with Crippen molar-refractivity contribution in [2.45, 2.75) is 96.2 Å². The second kappa shape index (κ2) is 13.2. The first-order chi connectivity index (χ1) is 25.0. The highest BCUT2D eigenvalue weighted by Crippen LogP contribution is 2.52. The third-order valence-electron chi connectivity index (χ3n) is 12.0. The summed E-state index contributed by atoms with van der Waals surface area (Å²) in [6.45, 7) is 9.73. The van der Waals surface area contributed by atoms with E-state index in [0.717, 1.165) is 53.8 Å². The zero-order valence-electron chi connectivity index (χ0n) is 30.5.